The Morgan fingerprint density at radius 2 is 2.11 bits per heavy atom. The first-order chi connectivity index (χ1) is 8.79. The van der Waals surface area contributed by atoms with E-state index in [4.69, 9.17) is 5.10 Å². The highest BCUT2D eigenvalue weighted by molar-refractivity contribution is 5.96. The predicted molar refractivity (Wildman–Crippen MR) is 75.9 cm³/mol. The lowest BCUT2D eigenvalue weighted by Crippen LogP contribution is -2.31. The lowest BCUT2D eigenvalue weighted by atomic mass is 10.1. The predicted octanol–water partition coefficient (Wildman–Crippen LogP) is 2.37. The number of hydrogen-bond acceptors (Lipinski definition) is 3. The monoisotopic (exact) mass is 241 g/mol. The first-order valence-electron chi connectivity index (χ1n) is 6.55. The number of para-hydroxylation sites is 1. The molecule has 0 saturated carbocycles. The number of fused-ring (bicyclic) bond motifs is 1. The summed E-state index contributed by atoms with van der Waals surface area (Å²) in [5, 5.41) is 6.95. The summed E-state index contributed by atoms with van der Waals surface area (Å²) in [6.07, 6.45) is 1.98. The van der Waals surface area contributed by atoms with Crippen LogP contribution in [0.1, 0.15) is 6.92 Å². The molecule has 0 radical (unpaired) electrons. The Bertz CT molecular complexity index is 466. The van der Waals surface area contributed by atoms with Crippen LogP contribution in [0, 0.1) is 5.92 Å². The zero-order chi connectivity index (χ0) is 12.5. The van der Waals surface area contributed by atoms with Crippen LogP contribution >= 0.6 is 0 Å². The Labute approximate surface area is 108 Å². The highest BCUT2D eigenvalue weighted by Crippen LogP contribution is 2.30. The maximum atomic E-state index is 4.81. The molecule has 0 aliphatic carbocycles. The molecule has 0 amide bonds. The largest absolute Gasteiger partial charge is 0.291 e. The van der Waals surface area contributed by atoms with E-state index in [1.807, 2.05) is 12.1 Å². The molecule has 0 aromatic heterocycles. The molecule has 1 aromatic rings. The molecule has 3 heteroatoms. The minimum atomic E-state index is 0.446. The van der Waals surface area contributed by atoms with Gasteiger partial charge in [0.25, 0.3) is 0 Å². The van der Waals surface area contributed by atoms with Gasteiger partial charge in [-0.1, -0.05) is 24.3 Å². The topological polar surface area (TPSA) is 18.8 Å². The molecule has 2 atom stereocenters. The normalized spacial score (nSPS) is 27.2. The molecule has 2 heterocycles. The van der Waals surface area contributed by atoms with Gasteiger partial charge in [-0.15, -0.1) is 6.58 Å². The van der Waals surface area contributed by atoms with Gasteiger partial charge < -0.3 is 0 Å². The van der Waals surface area contributed by atoms with Crippen molar-refractivity contribution in [3.63, 3.8) is 0 Å². The average Bonchev–Trinajstić information content (AvgIpc) is 2.93. The zero-order valence-electron chi connectivity index (χ0n) is 10.8. The summed E-state index contributed by atoms with van der Waals surface area (Å²) >= 11 is 0. The van der Waals surface area contributed by atoms with Crippen LogP contribution in [0.2, 0.25) is 0 Å². The summed E-state index contributed by atoms with van der Waals surface area (Å²) in [6, 6.07) is 10.9. The number of hydrogen-bond donors (Lipinski definition) is 0. The minimum absolute atomic E-state index is 0.446. The third-order valence-electron chi connectivity index (χ3n) is 3.90. The van der Waals surface area contributed by atoms with Gasteiger partial charge in [0.1, 0.15) is 0 Å². The Kier molecular flexibility index (Phi) is 2.92. The molecule has 2 aliphatic rings. The molecule has 0 N–H and O–H groups in total. The van der Waals surface area contributed by atoms with Crippen molar-refractivity contribution in [1.29, 1.82) is 0 Å². The second-order valence-corrected chi connectivity index (χ2v) is 5.06. The number of anilines is 1. The van der Waals surface area contributed by atoms with Gasteiger partial charge >= 0.3 is 0 Å². The third kappa shape index (κ3) is 1.85. The molecule has 2 aliphatic heterocycles. The van der Waals surface area contributed by atoms with Gasteiger partial charge in [-0.25, -0.2) is 0 Å². The number of hydrazone groups is 1. The number of nitrogens with zero attached hydrogens (tertiary/aromatic N) is 3. The molecule has 18 heavy (non-hydrogen) atoms. The first-order valence-corrected chi connectivity index (χ1v) is 6.55. The Morgan fingerprint density at radius 1 is 1.33 bits per heavy atom. The molecular weight excluding hydrogens is 222 g/mol. The minimum Gasteiger partial charge on any atom is -0.291 e. The summed E-state index contributed by atoms with van der Waals surface area (Å²) in [5.74, 6) is 0.583. The van der Waals surface area contributed by atoms with Crippen molar-refractivity contribution >= 4 is 11.4 Å². The van der Waals surface area contributed by atoms with Crippen molar-refractivity contribution in [3.8, 4) is 0 Å². The molecule has 0 spiro atoms. The Hall–Kier alpha value is -1.61. The standard InChI is InChI=1S/C15H19N3/c1-3-9-17-10-13-11-18(16-15(13)12(17)2)14-7-5-4-6-8-14/h3-8,12-13H,1,9-11H2,2H3/t12-,13+/m0/s1. The number of rotatable bonds is 3. The van der Waals surface area contributed by atoms with Gasteiger partial charge in [-0.2, -0.15) is 5.10 Å². The quantitative estimate of drug-likeness (QED) is 0.757. The van der Waals surface area contributed by atoms with Crippen LogP contribution in [-0.2, 0) is 0 Å². The van der Waals surface area contributed by atoms with E-state index in [0.29, 0.717) is 12.0 Å². The molecular formula is C15H19N3. The van der Waals surface area contributed by atoms with Crippen LogP contribution in [-0.4, -0.2) is 36.3 Å². The van der Waals surface area contributed by atoms with E-state index in [0.717, 1.165) is 19.6 Å². The van der Waals surface area contributed by atoms with Crippen LogP contribution in [0.5, 0.6) is 0 Å². The van der Waals surface area contributed by atoms with Crippen molar-refractivity contribution in [2.45, 2.75) is 13.0 Å². The summed E-state index contributed by atoms with van der Waals surface area (Å²) in [7, 11) is 0. The second-order valence-electron chi connectivity index (χ2n) is 5.06. The third-order valence-corrected chi connectivity index (χ3v) is 3.90. The van der Waals surface area contributed by atoms with Crippen LogP contribution < -0.4 is 5.01 Å². The van der Waals surface area contributed by atoms with Crippen LogP contribution in [0.25, 0.3) is 0 Å². The van der Waals surface area contributed by atoms with Crippen molar-refractivity contribution in [2.75, 3.05) is 24.6 Å². The molecule has 0 unspecified atom stereocenters. The lowest BCUT2D eigenvalue weighted by Gasteiger charge is -2.21. The van der Waals surface area contributed by atoms with Gasteiger partial charge in [0.2, 0.25) is 0 Å². The Morgan fingerprint density at radius 3 is 2.78 bits per heavy atom. The fourth-order valence-corrected chi connectivity index (χ4v) is 2.93. The fourth-order valence-electron chi connectivity index (χ4n) is 2.93. The molecule has 3 rings (SSSR count). The summed E-state index contributed by atoms with van der Waals surface area (Å²) < 4.78 is 0. The maximum Gasteiger partial charge on any atom is 0.0615 e. The molecule has 1 aromatic carbocycles. The van der Waals surface area contributed by atoms with Crippen molar-refractivity contribution in [1.82, 2.24) is 4.90 Å². The number of benzene rings is 1. The van der Waals surface area contributed by atoms with Gasteiger partial charge in [0.05, 0.1) is 17.9 Å². The summed E-state index contributed by atoms with van der Waals surface area (Å²) in [4.78, 5) is 2.44. The fraction of sp³-hybridized carbons (Fsp3) is 0.400. The average molecular weight is 241 g/mol. The lowest BCUT2D eigenvalue weighted by molar-refractivity contribution is 0.303. The summed E-state index contributed by atoms with van der Waals surface area (Å²) in [5.41, 5.74) is 2.53. The van der Waals surface area contributed by atoms with E-state index < -0.39 is 0 Å². The highest BCUT2D eigenvalue weighted by atomic mass is 15.5. The molecule has 1 saturated heterocycles. The highest BCUT2D eigenvalue weighted by Gasteiger charge is 2.40. The van der Waals surface area contributed by atoms with E-state index in [-0.39, 0.29) is 0 Å². The van der Waals surface area contributed by atoms with Crippen LogP contribution in [0.4, 0.5) is 5.69 Å². The van der Waals surface area contributed by atoms with E-state index in [1.54, 1.807) is 0 Å². The van der Waals surface area contributed by atoms with E-state index >= 15 is 0 Å². The van der Waals surface area contributed by atoms with E-state index in [9.17, 15) is 0 Å². The van der Waals surface area contributed by atoms with Gasteiger partial charge in [0, 0.05) is 25.0 Å². The van der Waals surface area contributed by atoms with Crippen molar-refractivity contribution in [3.05, 3.63) is 43.0 Å². The smallest absolute Gasteiger partial charge is 0.0615 e. The first kappa shape index (κ1) is 11.5. The maximum absolute atomic E-state index is 4.81. The van der Waals surface area contributed by atoms with E-state index in [1.165, 1.54) is 11.4 Å². The van der Waals surface area contributed by atoms with Crippen molar-refractivity contribution < 1.29 is 0 Å². The van der Waals surface area contributed by atoms with Gasteiger partial charge in [-0.3, -0.25) is 9.91 Å². The van der Waals surface area contributed by atoms with Crippen LogP contribution in [0.3, 0.4) is 0 Å². The molecule has 94 valence electrons. The SMILES string of the molecule is C=CCN1C[C@@H]2CN(c3ccccc3)N=C2[C@@H]1C. The van der Waals surface area contributed by atoms with Crippen molar-refractivity contribution in [2.24, 2.45) is 11.0 Å². The van der Waals surface area contributed by atoms with E-state index in [2.05, 4.69) is 47.7 Å². The van der Waals surface area contributed by atoms with Crippen LogP contribution in [0.15, 0.2) is 48.1 Å². The van der Waals surface area contributed by atoms with Gasteiger partial charge in [-0.05, 0) is 19.1 Å². The van der Waals surface area contributed by atoms with Gasteiger partial charge in [0.15, 0.2) is 0 Å². The number of likely N-dealkylation sites (tertiary alicyclic amines) is 1. The molecule has 0 bridgehead atoms. The zero-order valence-corrected chi connectivity index (χ0v) is 10.8. The summed E-state index contributed by atoms with van der Waals surface area (Å²) in [6.45, 7) is 9.15. The second kappa shape index (κ2) is 4.58. The Balaban J connectivity index is 1.79. The molecule has 3 nitrogen and oxygen atoms in total. The molecule has 1 fully saturated rings.